The number of likely N-dealkylation sites (tertiary alicyclic amines) is 1. The molecule has 1 aliphatic rings. The molecule has 3 amide bonds. The molecule has 0 spiro atoms. The van der Waals surface area contributed by atoms with E-state index in [0.29, 0.717) is 41.7 Å². The lowest BCUT2D eigenvalue weighted by atomic mass is 9.82. The van der Waals surface area contributed by atoms with Gasteiger partial charge in [-0.2, -0.15) is 0 Å². The van der Waals surface area contributed by atoms with Gasteiger partial charge in [0.15, 0.2) is 0 Å². The molecule has 34 heavy (non-hydrogen) atoms. The zero-order valence-electron chi connectivity index (χ0n) is 19.5. The van der Waals surface area contributed by atoms with Gasteiger partial charge in [-0.05, 0) is 61.7 Å². The molecule has 2 aromatic rings. The molecular weight excluding hydrogens is 480 g/mol. The van der Waals surface area contributed by atoms with Crippen LogP contribution < -0.4 is 5.32 Å². The smallest absolute Gasteiger partial charge is 0.317 e. The van der Waals surface area contributed by atoms with E-state index in [1.165, 1.54) is 12.1 Å². The van der Waals surface area contributed by atoms with E-state index in [2.05, 4.69) is 5.32 Å². The predicted octanol–water partition coefficient (Wildman–Crippen LogP) is 4.43. The van der Waals surface area contributed by atoms with Crippen molar-refractivity contribution in [2.24, 2.45) is 0 Å². The number of likely N-dealkylation sites (N-methyl/N-ethyl adjacent to an activating group) is 1. The highest BCUT2D eigenvalue weighted by atomic mass is 35.5. The number of aliphatic hydroxyl groups excluding tert-OH is 1. The Morgan fingerprint density at radius 1 is 1.15 bits per heavy atom. The fraction of sp³-hybridized carbons (Fsp3) is 0.440. The van der Waals surface area contributed by atoms with Crippen LogP contribution in [0.4, 0.5) is 9.18 Å². The maximum absolute atomic E-state index is 13.7. The van der Waals surface area contributed by atoms with E-state index in [-0.39, 0.29) is 36.3 Å². The number of aliphatic hydroxyl groups is 1. The summed E-state index contributed by atoms with van der Waals surface area (Å²) in [6, 6.07) is 10.7. The van der Waals surface area contributed by atoms with Crippen LogP contribution in [0.1, 0.15) is 37.3 Å². The van der Waals surface area contributed by atoms with Crippen LogP contribution in [0.15, 0.2) is 42.5 Å². The third-order valence-electron chi connectivity index (χ3n) is 6.42. The Balaban J connectivity index is 1.88. The molecule has 1 fully saturated rings. The normalized spacial score (nSPS) is 18.1. The second kappa shape index (κ2) is 10.9. The van der Waals surface area contributed by atoms with Crippen molar-refractivity contribution in [2.75, 3.05) is 33.3 Å². The van der Waals surface area contributed by atoms with E-state index in [0.717, 1.165) is 5.56 Å². The largest absolute Gasteiger partial charge is 0.396 e. The Morgan fingerprint density at radius 3 is 2.35 bits per heavy atom. The predicted molar refractivity (Wildman–Crippen MR) is 132 cm³/mol. The Kier molecular flexibility index (Phi) is 8.44. The van der Waals surface area contributed by atoms with E-state index in [4.69, 9.17) is 28.3 Å². The quantitative estimate of drug-likeness (QED) is 0.542. The van der Waals surface area contributed by atoms with Crippen LogP contribution >= 0.6 is 23.2 Å². The fourth-order valence-electron chi connectivity index (χ4n) is 4.40. The number of benzene rings is 2. The van der Waals surface area contributed by atoms with Gasteiger partial charge in [0.2, 0.25) is 5.91 Å². The van der Waals surface area contributed by atoms with Crippen LogP contribution in [0.2, 0.25) is 10.0 Å². The van der Waals surface area contributed by atoms with Gasteiger partial charge >= 0.3 is 6.03 Å². The first-order valence-corrected chi connectivity index (χ1v) is 11.9. The number of nitrogens with zero attached hydrogens (tertiary/aromatic N) is 2. The molecule has 0 saturated carbocycles. The molecule has 3 rings (SSSR count). The van der Waals surface area contributed by atoms with Gasteiger partial charge in [-0.1, -0.05) is 35.3 Å². The van der Waals surface area contributed by atoms with Crippen LogP contribution in [0.25, 0.3) is 0 Å². The summed E-state index contributed by atoms with van der Waals surface area (Å²) in [5, 5.41) is 12.7. The first kappa shape index (κ1) is 26.3. The third-order valence-corrected chi connectivity index (χ3v) is 6.86. The number of halogens is 3. The van der Waals surface area contributed by atoms with Crippen molar-refractivity contribution >= 4 is 35.1 Å². The van der Waals surface area contributed by atoms with Gasteiger partial charge in [0.1, 0.15) is 5.82 Å². The number of amides is 3. The molecule has 0 radical (unpaired) electrons. The summed E-state index contributed by atoms with van der Waals surface area (Å²) in [6.45, 7) is 4.67. The van der Waals surface area contributed by atoms with E-state index in [1.54, 1.807) is 47.2 Å². The molecule has 1 aliphatic heterocycles. The standard InChI is InChI=1S/C25H30Cl2FN3O3/c1-25(2,17-11-18(26)13-19(27)12-17)23(33)30(3)22-15-31(24(34)29-9-4-10-32)14-21(22)16-5-7-20(28)8-6-16/h5-8,11-13,21-22,32H,4,9-10,14-15H2,1-3H3,(H,29,34). The lowest BCUT2D eigenvalue weighted by Crippen LogP contribution is -2.49. The number of hydrogen-bond acceptors (Lipinski definition) is 3. The fourth-order valence-corrected chi connectivity index (χ4v) is 4.92. The van der Waals surface area contributed by atoms with Crippen molar-refractivity contribution in [2.45, 2.75) is 37.6 Å². The minimum Gasteiger partial charge on any atom is -0.396 e. The highest BCUT2D eigenvalue weighted by Gasteiger charge is 2.43. The van der Waals surface area contributed by atoms with Crippen LogP contribution in [-0.4, -0.2) is 66.2 Å². The lowest BCUT2D eigenvalue weighted by molar-refractivity contribution is -0.137. The van der Waals surface area contributed by atoms with E-state index >= 15 is 0 Å². The molecule has 1 saturated heterocycles. The van der Waals surface area contributed by atoms with Crippen LogP contribution in [0.5, 0.6) is 0 Å². The molecule has 0 aliphatic carbocycles. The van der Waals surface area contributed by atoms with E-state index in [1.807, 2.05) is 13.8 Å². The van der Waals surface area contributed by atoms with Gasteiger partial charge in [0.25, 0.3) is 0 Å². The molecule has 2 N–H and O–H groups in total. The highest BCUT2D eigenvalue weighted by Crippen LogP contribution is 2.35. The number of carbonyl (C=O) groups excluding carboxylic acids is 2. The molecular formula is C25H30Cl2FN3O3. The summed E-state index contributed by atoms with van der Waals surface area (Å²) in [6.07, 6.45) is 0.458. The second-order valence-corrected chi connectivity index (χ2v) is 10.0. The van der Waals surface area contributed by atoms with Crippen molar-refractivity contribution in [3.63, 3.8) is 0 Å². The van der Waals surface area contributed by atoms with Gasteiger partial charge in [-0.15, -0.1) is 0 Å². The summed E-state index contributed by atoms with van der Waals surface area (Å²) < 4.78 is 13.6. The SMILES string of the molecule is CN(C(=O)C(C)(C)c1cc(Cl)cc(Cl)c1)C1CN(C(=O)NCCCO)CC1c1ccc(F)cc1. The molecule has 0 aromatic heterocycles. The van der Waals surface area contributed by atoms with Crippen LogP contribution in [0, 0.1) is 5.82 Å². The van der Waals surface area contributed by atoms with Crippen molar-refractivity contribution in [1.29, 1.82) is 0 Å². The molecule has 184 valence electrons. The van der Waals surface area contributed by atoms with Crippen molar-refractivity contribution in [3.05, 3.63) is 69.5 Å². The Morgan fingerprint density at radius 2 is 1.76 bits per heavy atom. The monoisotopic (exact) mass is 509 g/mol. The van der Waals surface area contributed by atoms with Gasteiger partial charge in [-0.3, -0.25) is 4.79 Å². The maximum Gasteiger partial charge on any atom is 0.317 e. The second-order valence-electron chi connectivity index (χ2n) is 9.14. The Bertz CT molecular complexity index is 1010. The summed E-state index contributed by atoms with van der Waals surface area (Å²) in [5.41, 5.74) is 0.616. The zero-order valence-corrected chi connectivity index (χ0v) is 21.0. The summed E-state index contributed by atoms with van der Waals surface area (Å²) in [5.74, 6) is -0.692. The van der Waals surface area contributed by atoms with Crippen LogP contribution in [0.3, 0.4) is 0 Å². The van der Waals surface area contributed by atoms with Gasteiger partial charge < -0.3 is 20.2 Å². The Hall–Kier alpha value is -2.35. The molecule has 2 unspecified atom stereocenters. The number of hydrogen-bond donors (Lipinski definition) is 2. The zero-order chi connectivity index (χ0) is 25.0. The lowest BCUT2D eigenvalue weighted by Gasteiger charge is -2.36. The highest BCUT2D eigenvalue weighted by molar-refractivity contribution is 6.34. The molecule has 9 heteroatoms. The minimum atomic E-state index is -0.923. The molecule has 2 aromatic carbocycles. The average molecular weight is 510 g/mol. The first-order valence-electron chi connectivity index (χ1n) is 11.2. The molecule has 6 nitrogen and oxygen atoms in total. The number of rotatable bonds is 7. The van der Waals surface area contributed by atoms with E-state index in [9.17, 15) is 14.0 Å². The molecule has 0 bridgehead atoms. The number of carbonyl (C=O) groups is 2. The van der Waals surface area contributed by atoms with Crippen molar-refractivity contribution in [3.8, 4) is 0 Å². The van der Waals surface area contributed by atoms with Crippen molar-refractivity contribution < 1.29 is 19.1 Å². The number of nitrogens with one attached hydrogen (secondary N) is 1. The topological polar surface area (TPSA) is 72.9 Å². The minimum absolute atomic E-state index is 0.0129. The molecule has 1 heterocycles. The number of urea groups is 1. The maximum atomic E-state index is 13.7. The summed E-state index contributed by atoms with van der Waals surface area (Å²) in [7, 11) is 1.73. The Labute approximate surface area is 209 Å². The van der Waals surface area contributed by atoms with Gasteiger partial charge in [0.05, 0.1) is 11.5 Å². The first-order chi connectivity index (χ1) is 16.0. The van der Waals surface area contributed by atoms with Crippen LogP contribution in [-0.2, 0) is 10.2 Å². The summed E-state index contributed by atoms with van der Waals surface area (Å²) in [4.78, 5) is 29.8. The van der Waals surface area contributed by atoms with Gasteiger partial charge in [0, 0.05) is 49.3 Å². The molecule has 2 atom stereocenters. The third kappa shape index (κ3) is 5.82. The average Bonchev–Trinajstić information content (AvgIpc) is 3.23. The summed E-state index contributed by atoms with van der Waals surface area (Å²) >= 11 is 12.4. The van der Waals surface area contributed by atoms with E-state index < -0.39 is 5.41 Å². The van der Waals surface area contributed by atoms with Crippen molar-refractivity contribution in [1.82, 2.24) is 15.1 Å². The van der Waals surface area contributed by atoms with Gasteiger partial charge in [-0.25, -0.2) is 9.18 Å².